The Hall–Kier alpha value is -1.81. The van der Waals surface area contributed by atoms with Crippen LogP contribution in [-0.2, 0) is 9.59 Å². The van der Waals surface area contributed by atoms with Gasteiger partial charge in [-0.1, -0.05) is 17.2 Å². The van der Waals surface area contributed by atoms with Gasteiger partial charge in [0.15, 0.2) is 0 Å². The third-order valence-electron chi connectivity index (χ3n) is 2.88. The van der Waals surface area contributed by atoms with Crippen molar-refractivity contribution in [3.8, 4) is 0 Å². The molecule has 0 saturated carbocycles. The van der Waals surface area contributed by atoms with Gasteiger partial charge >= 0.3 is 0 Å². The lowest BCUT2D eigenvalue weighted by molar-refractivity contribution is -0.120. The summed E-state index contributed by atoms with van der Waals surface area (Å²) < 4.78 is 0. The summed E-state index contributed by atoms with van der Waals surface area (Å²) in [5, 5.41) is 0.403. The van der Waals surface area contributed by atoms with Gasteiger partial charge in [0.25, 0.3) is 5.91 Å². The predicted octanol–water partition coefficient (Wildman–Crippen LogP) is 2.52. The highest BCUT2D eigenvalue weighted by molar-refractivity contribution is 6.33. The lowest BCUT2D eigenvalue weighted by atomic mass is 10.1. The van der Waals surface area contributed by atoms with E-state index in [1.807, 2.05) is 13.8 Å². The summed E-state index contributed by atoms with van der Waals surface area (Å²) in [4.78, 5) is 25.2. The number of carbonyl (C=O) groups is 2. The standard InChI is InChI=1S/C13H13ClN2O2/c1-7(2)9-6-12(17)16(13(9)18)8-3-4-10(14)11(15)5-8/h3-5H,6,15H2,1-2H3. The van der Waals surface area contributed by atoms with Crippen molar-refractivity contribution in [1.82, 2.24) is 0 Å². The Morgan fingerprint density at radius 3 is 2.50 bits per heavy atom. The molecule has 0 atom stereocenters. The molecule has 1 aromatic rings. The molecule has 4 nitrogen and oxygen atoms in total. The second-order valence-electron chi connectivity index (χ2n) is 4.40. The summed E-state index contributed by atoms with van der Waals surface area (Å²) in [6.45, 7) is 3.64. The Bertz CT molecular complexity index is 574. The van der Waals surface area contributed by atoms with E-state index in [0.29, 0.717) is 22.0 Å². The highest BCUT2D eigenvalue weighted by Crippen LogP contribution is 2.31. The van der Waals surface area contributed by atoms with Crippen LogP contribution in [0.4, 0.5) is 11.4 Å². The Morgan fingerprint density at radius 1 is 1.33 bits per heavy atom. The number of nitrogen functional groups attached to an aromatic ring is 1. The molecular weight excluding hydrogens is 252 g/mol. The molecule has 5 heteroatoms. The molecule has 0 radical (unpaired) electrons. The number of benzene rings is 1. The van der Waals surface area contributed by atoms with E-state index in [0.717, 1.165) is 10.5 Å². The zero-order valence-electron chi connectivity index (χ0n) is 10.2. The molecule has 1 aliphatic heterocycles. The minimum atomic E-state index is -0.276. The summed E-state index contributed by atoms with van der Waals surface area (Å²) in [5.41, 5.74) is 7.90. The number of carbonyl (C=O) groups excluding carboxylic acids is 2. The molecule has 2 N–H and O–H groups in total. The fourth-order valence-corrected chi connectivity index (χ4v) is 1.99. The Morgan fingerprint density at radius 2 is 2.00 bits per heavy atom. The molecule has 1 saturated heterocycles. The van der Waals surface area contributed by atoms with Crippen LogP contribution in [0.3, 0.4) is 0 Å². The molecule has 0 spiro atoms. The van der Waals surface area contributed by atoms with Gasteiger partial charge < -0.3 is 5.73 Å². The van der Waals surface area contributed by atoms with Gasteiger partial charge in [0.1, 0.15) is 0 Å². The second kappa shape index (κ2) is 4.46. The minimum Gasteiger partial charge on any atom is -0.397 e. The Labute approximate surface area is 110 Å². The maximum Gasteiger partial charge on any atom is 0.261 e. The molecule has 1 aromatic carbocycles. The van der Waals surface area contributed by atoms with Gasteiger partial charge in [0, 0.05) is 5.57 Å². The number of nitrogens with two attached hydrogens (primary N) is 1. The van der Waals surface area contributed by atoms with Crippen LogP contribution < -0.4 is 10.6 Å². The summed E-state index contributed by atoms with van der Waals surface area (Å²) in [6.07, 6.45) is 0.143. The number of imide groups is 1. The number of hydrogen-bond acceptors (Lipinski definition) is 3. The van der Waals surface area contributed by atoms with E-state index in [2.05, 4.69) is 0 Å². The van der Waals surface area contributed by atoms with Crippen LogP contribution in [0.2, 0.25) is 5.02 Å². The summed E-state index contributed by atoms with van der Waals surface area (Å²) >= 11 is 5.82. The number of nitrogens with zero attached hydrogens (tertiary/aromatic N) is 1. The average molecular weight is 265 g/mol. The Balaban J connectivity index is 2.46. The van der Waals surface area contributed by atoms with E-state index < -0.39 is 0 Å². The molecule has 0 aliphatic carbocycles. The smallest absolute Gasteiger partial charge is 0.261 e. The van der Waals surface area contributed by atoms with Gasteiger partial charge in [0.2, 0.25) is 5.91 Å². The third kappa shape index (κ3) is 1.99. The quantitative estimate of drug-likeness (QED) is 0.482. The first-order chi connectivity index (χ1) is 8.41. The maximum absolute atomic E-state index is 12.1. The third-order valence-corrected chi connectivity index (χ3v) is 3.22. The van der Waals surface area contributed by atoms with E-state index >= 15 is 0 Å². The minimum absolute atomic E-state index is 0.143. The first-order valence-corrected chi connectivity index (χ1v) is 5.88. The van der Waals surface area contributed by atoms with E-state index in [1.165, 1.54) is 6.07 Å². The van der Waals surface area contributed by atoms with Crippen LogP contribution in [0.1, 0.15) is 20.3 Å². The van der Waals surface area contributed by atoms with Crippen molar-refractivity contribution in [3.05, 3.63) is 34.4 Å². The van der Waals surface area contributed by atoms with E-state index in [4.69, 9.17) is 17.3 Å². The first kappa shape index (κ1) is 12.6. The molecule has 1 heterocycles. The number of anilines is 2. The van der Waals surface area contributed by atoms with Gasteiger partial charge in [-0.3, -0.25) is 9.59 Å². The van der Waals surface area contributed by atoms with Gasteiger partial charge in [-0.15, -0.1) is 0 Å². The predicted molar refractivity (Wildman–Crippen MR) is 71.3 cm³/mol. The van der Waals surface area contributed by atoms with Crippen molar-refractivity contribution in [3.63, 3.8) is 0 Å². The fraction of sp³-hybridized carbons (Fsp3) is 0.231. The molecule has 1 fully saturated rings. The topological polar surface area (TPSA) is 63.4 Å². The maximum atomic E-state index is 12.1. The van der Waals surface area contributed by atoms with Crippen molar-refractivity contribution in [2.45, 2.75) is 20.3 Å². The van der Waals surface area contributed by atoms with Crippen molar-refractivity contribution in [2.75, 3.05) is 10.6 Å². The number of allylic oxidation sites excluding steroid dienone is 1. The van der Waals surface area contributed by atoms with Crippen molar-refractivity contribution >= 4 is 34.8 Å². The molecule has 2 amide bonds. The lowest BCUT2D eigenvalue weighted by Gasteiger charge is -2.14. The van der Waals surface area contributed by atoms with Crippen molar-refractivity contribution in [2.24, 2.45) is 0 Å². The normalized spacial score (nSPS) is 15.5. The van der Waals surface area contributed by atoms with Crippen LogP contribution in [0.15, 0.2) is 29.3 Å². The van der Waals surface area contributed by atoms with Crippen LogP contribution in [0.5, 0.6) is 0 Å². The molecular formula is C13H13ClN2O2. The molecule has 0 aromatic heterocycles. The second-order valence-corrected chi connectivity index (χ2v) is 4.80. The van der Waals surface area contributed by atoms with Gasteiger partial charge in [-0.2, -0.15) is 0 Å². The summed E-state index contributed by atoms with van der Waals surface area (Å²) in [6, 6.07) is 4.72. The first-order valence-electron chi connectivity index (χ1n) is 5.50. The van der Waals surface area contributed by atoms with Crippen molar-refractivity contribution in [1.29, 1.82) is 0 Å². The SMILES string of the molecule is CC(C)=C1CC(=O)N(c2ccc(Cl)c(N)c2)C1=O. The lowest BCUT2D eigenvalue weighted by Crippen LogP contribution is -2.29. The van der Waals surface area contributed by atoms with Gasteiger partial charge in [-0.05, 0) is 32.0 Å². The highest BCUT2D eigenvalue weighted by atomic mass is 35.5. The molecule has 0 unspecified atom stereocenters. The summed E-state index contributed by atoms with van der Waals surface area (Å²) in [5.74, 6) is -0.514. The molecule has 1 aliphatic rings. The largest absolute Gasteiger partial charge is 0.397 e. The number of halogens is 1. The monoisotopic (exact) mass is 264 g/mol. The van der Waals surface area contributed by atoms with Crippen LogP contribution in [0, 0.1) is 0 Å². The average Bonchev–Trinajstić information content (AvgIpc) is 2.59. The van der Waals surface area contributed by atoms with Gasteiger partial charge in [0.05, 0.1) is 22.8 Å². The van der Waals surface area contributed by atoms with E-state index in [9.17, 15) is 9.59 Å². The van der Waals surface area contributed by atoms with Gasteiger partial charge in [-0.25, -0.2) is 4.90 Å². The number of hydrogen-bond donors (Lipinski definition) is 1. The molecule has 0 bridgehead atoms. The molecule has 94 valence electrons. The van der Waals surface area contributed by atoms with Crippen LogP contribution >= 0.6 is 11.6 Å². The molecule has 2 rings (SSSR count). The van der Waals surface area contributed by atoms with Crippen molar-refractivity contribution < 1.29 is 9.59 Å². The van der Waals surface area contributed by atoms with E-state index in [-0.39, 0.29) is 18.2 Å². The number of rotatable bonds is 1. The van der Waals surface area contributed by atoms with E-state index in [1.54, 1.807) is 12.1 Å². The summed E-state index contributed by atoms with van der Waals surface area (Å²) in [7, 11) is 0. The fourth-order valence-electron chi connectivity index (χ4n) is 1.88. The van der Waals surface area contributed by atoms with Crippen LogP contribution in [0.25, 0.3) is 0 Å². The highest BCUT2D eigenvalue weighted by Gasteiger charge is 2.35. The molecule has 18 heavy (non-hydrogen) atoms. The zero-order chi connectivity index (χ0) is 13.4. The Kier molecular flexibility index (Phi) is 3.13. The van der Waals surface area contributed by atoms with Crippen LogP contribution in [-0.4, -0.2) is 11.8 Å². The number of amides is 2. The zero-order valence-corrected chi connectivity index (χ0v) is 10.9.